The van der Waals surface area contributed by atoms with Crippen LogP contribution >= 0.6 is 11.6 Å². The molecule has 1 fully saturated rings. The molecule has 1 atom stereocenters. The average molecular weight is 411 g/mol. The number of anilines is 1. The van der Waals surface area contributed by atoms with E-state index < -0.39 is 12.2 Å². The first-order valence-electron chi connectivity index (χ1n) is 9.38. The standard InChI is InChI=1S/C19H27ClN4O4/c1-13(2)19(26)22-9-8-21-18-15(20)11-14(12-23-18)6-7-16(25)24-28-17-5-3-4-10-27-17/h6-7,11-13,17H,3-5,8-10H2,1-2H3,(H,21,23)(H,22,26)(H,24,25)/b7-6+. The summed E-state index contributed by atoms with van der Waals surface area (Å²) < 4.78 is 5.37. The van der Waals surface area contributed by atoms with Crippen molar-refractivity contribution in [3.63, 3.8) is 0 Å². The first-order valence-corrected chi connectivity index (χ1v) is 9.76. The van der Waals surface area contributed by atoms with E-state index >= 15 is 0 Å². The predicted molar refractivity (Wildman–Crippen MR) is 107 cm³/mol. The van der Waals surface area contributed by atoms with E-state index in [4.69, 9.17) is 21.2 Å². The van der Waals surface area contributed by atoms with Gasteiger partial charge in [0.05, 0.1) is 5.02 Å². The van der Waals surface area contributed by atoms with Crippen molar-refractivity contribution in [2.45, 2.75) is 39.4 Å². The lowest BCUT2D eigenvalue weighted by molar-refractivity contribution is -0.198. The molecule has 1 saturated heterocycles. The molecular weight excluding hydrogens is 384 g/mol. The summed E-state index contributed by atoms with van der Waals surface area (Å²) in [6.45, 7) is 5.29. The fraction of sp³-hybridized carbons (Fsp3) is 0.526. The maximum Gasteiger partial charge on any atom is 0.267 e. The first kappa shape index (κ1) is 22.1. The summed E-state index contributed by atoms with van der Waals surface area (Å²) in [5, 5.41) is 6.28. The fourth-order valence-electron chi connectivity index (χ4n) is 2.38. The Morgan fingerprint density at radius 2 is 2.21 bits per heavy atom. The molecule has 0 spiro atoms. The molecule has 1 aromatic rings. The van der Waals surface area contributed by atoms with Crippen molar-refractivity contribution in [2.75, 3.05) is 25.0 Å². The number of nitrogens with zero attached hydrogens (tertiary/aromatic N) is 1. The van der Waals surface area contributed by atoms with E-state index in [0.29, 0.717) is 36.1 Å². The van der Waals surface area contributed by atoms with Gasteiger partial charge >= 0.3 is 0 Å². The fourth-order valence-corrected chi connectivity index (χ4v) is 2.62. The van der Waals surface area contributed by atoms with Crippen LogP contribution in [0.25, 0.3) is 6.08 Å². The zero-order valence-corrected chi connectivity index (χ0v) is 16.9. The van der Waals surface area contributed by atoms with Gasteiger partial charge in [-0.15, -0.1) is 0 Å². The van der Waals surface area contributed by atoms with E-state index in [2.05, 4.69) is 21.1 Å². The summed E-state index contributed by atoms with van der Waals surface area (Å²) >= 11 is 6.21. The van der Waals surface area contributed by atoms with Crippen LogP contribution in [-0.4, -0.2) is 42.8 Å². The lowest BCUT2D eigenvalue weighted by atomic mass is 10.2. The summed E-state index contributed by atoms with van der Waals surface area (Å²) in [6, 6.07) is 1.69. The lowest BCUT2D eigenvalue weighted by Crippen LogP contribution is -2.32. The zero-order valence-electron chi connectivity index (χ0n) is 16.2. The molecule has 0 aliphatic carbocycles. The Bertz CT molecular complexity index is 691. The number of ether oxygens (including phenoxy) is 1. The molecule has 0 aromatic carbocycles. The smallest absolute Gasteiger partial charge is 0.267 e. The highest BCUT2D eigenvalue weighted by Gasteiger charge is 2.15. The number of aromatic nitrogens is 1. The van der Waals surface area contributed by atoms with Crippen molar-refractivity contribution < 1.29 is 19.2 Å². The Balaban J connectivity index is 1.75. The Hall–Kier alpha value is -2.16. The normalized spacial score (nSPS) is 16.9. The number of hydroxylamine groups is 1. The SMILES string of the molecule is CC(C)C(=O)NCCNc1ncc(/C=C/C(=O)NOC2CCCCO2)cc1Cl. The Morgan fingerprint density at radius 1 is 1.39 bits per heavy atom. The molecule has 1 aliphatic rings. The highest BCUT2D eigenvalue weighted by Crippen LogP contribution is 2.20. The minimum absolute atomic E-state index is 0.00125. The van der Waals surface area contributed by atoms with Gasteiger partial charge < -0.3 is 15.4 Å². The van der Waals surface area contributed by atoms with E-state index in [0.717, 1.165) is 19.3 Å². The number of carbonyl (C=O) groups is 2. The molecular formula is C19H27ClN4O4. The lowest BCUT2D eigenvalue weighted by Gasteiger charge is -2.21. The molecule has 9 heteroatoms. The van der Waals surface area contributed by atoms with Crippen LogP contribution in [0.4, 0.5) is 5.82 Å². The number of hydrogen-bond donors (Lipinski definition) is 3. The first-order chi connectivity index (χ1) is 13.5. The van der Waals surface area contributed by atoms with Gasteiger partial charge in [0.15, 0.2) is 6.29 Å². The van der Waals surface area contributed by atoms with E-state index in [1.165, 1.54) is 6.08 Å². The van der Waals surface area contributed by atoms with Crippen LogP contribution in [0, 0.1) is 5.92 Å². The van der Waals surface area contributed by atoms with Gasteiger partial charge in [-0.25, -0.2) is 15.3 Å². The van der Waals surface area contributed by atoms with Gasteiger partial charge in [0.25, 0.3) is 5.91 Å². The molecule has 0 saturated carbocycles. The second-order valence-corrected chi connectivity index (χ2v) is 7.09. The highest BCUT2D eigenvalue weighted by atomic mass is 35.5. The predicted octanol–water partition coefficient (Wildman–Crippen LogP) is 2.51. The number of carbonyl (C=O) groups excluding carboxylic acids is 2. The number of halogens is 1. The van der Waals surface area contributed by atoms with E-state index in [1.807, 2.05) is 13.8 Å². The number of hydrogen-bond acceptors (Lipinski definition) is 6. The summed E-state index contributed by atoms with van der Waals surface area (Å²) in [4.78, 5) is 32.7. The van der Waals surface area contributed by atoms with Gasteiger partial charge in [-0.2, -0.15) is 0 Å². The Kier molecular flexibility index (Phi) is 9.19. The minimum Gasteiger partial charge on any atom is -0.367 e. The van der Waals surface area contributed by atoms with Crippen LogP contribution in [0.2, 0.25) is 5.02 Å². The van der Waals surface area contributed by atoms with Crippen molar-refractivity contribution in [1.29, 1.82) is 0 Å². The molecule has 2 heterocycles. The molecule has 1 aromatic heterocycles. The molecule has 1 aliphatic heterocycles. The van der Waals surface area contributed by atoms with Crippen LogP contribution in [0.5, 0.6) is 0 Å². The van der Waals surface area contributed by atoms with Crippen molar-refractivity contribution in [3.8, 4) is 0 Å². The van der Waals surface area contributed by atoms with Crippen LogP contribution in [0.15, 0.2) is 18.3 Å². The average Bonchev–Trinajstić information content (AvgIpc) is 2.69. The third-order valence-corrected chi connectivity index (χ3v) is 4.25. The van der Waals surface area contributed by atoms with Gasteiger partial charge in [0.1, 0.15) is 5.82 Å². The molecule has 8 nitrogen and oxygen atoms in total. The third kappa shape index (κ3) is 7.84. The Labute approximate surface area is 170 Å². The van der Waals surface area contributed by atoms with Gasteiger partial charge in [0.2, 0.25) is 5.91 Å². The number of nitrogens with one attached hydrogen (secondary N) is 3. The Morgan fingerprint density at radius 3 is 2.89 bits per heavy atom. The molecule has 0 bridgehead atoms. The maximum atomic E-state index is 11.8. The van der Waals surface area contributed by atoms with Crippen LogP contribution in [0.3, 0.4) is 0 Å². The molecule has 1 unspecified atom stereocenters. The molecule has 154 valence electrons. The van der Waals surface area contributed by atoms with Crippen LogP contribution in [0.1, 0.15) is 38.7 Å². The van der Waals surface area contributed by atoms with Crippen molar-refractivity contribution in [2.24, 2.45) is 5.92 Å². The van der Waals surface area contributed by atoms with E-state index in [-0.39, 0.29) is 11.8 Å². The van der Waals surface area contributed by atoms with Gasteiger partial charge in [-0.05, 0) is 30.5 Å². The molecule has 2 amide bonds. The number of pyridine rings is 1. The number of rotatable bonds is 9. The molecule has 0 radical (unpaired) electrons. The maximum absolute atomic E-state index is 11.8. The van der Waals surface area contributed by atoms with Crippen molar-refractivity contribution >= 4 is 35.3 Å². The van der Waals surface area contributed by atoms with Crippen LogP contribution < -0.4 is 16.1 Å². The largest absolute Gasteiger partial charge is 0.367 e. The summed E-state index contributed by atoms with van der Waals surface area (Å²) in [5.41, 5.74) is 3.02. The summed E-state index contributed by atoms with van der Waals surface area (Å²) in [6.07, 6.45) is 6.92. The van der Waals surface area contributed by atoms with Gasteiger partial charge in [0, 0.05) is 44.3 Å². The van der Waals surface area contributed by atoms with E-state index in [1.54, 1.807) is 18.3 Å². The third-order valence-electron chi connectivity index (χ3n) is 3.96. The van der Waals surface area contributed by atoms with Crippen molar-refractivity contribution in [3.05, 3.63) is 28.9 Å². The second-order valence-electron chi connectivity index (χ2n) is 6.69. The quantitative estimate of drug-likeness (QED) is 0.328. The monoisotopic (exact) mass is 410 g/mol. The second kappa shape index (κ2) is 11.6. The van der Waals surface area contributed by atoms with E-state index in [9.17, 15) is 9.59 Å². The van der Waals surface area contributed by atoms with Gasteiger partial charge in [-0.1, -0.05) is 25.4 Å². The number of amides is 2. The van der Waals surface area contributed by atoms with Gasteiger partial charge in [-0.3, -0.25) is 9.59 Å². The topological polar surface area (TPSA) is 102 Å². The van der Waals surface area contributed by atoms with Crippen LogP contribution in [-0.2, 0) is 19.2 Å². The molecule has 2 rings (SSSR count). The molecule has 28 heavy (non-hydrogen) atoms. The summed E-state index contributed by atoms with van der Waals surface area (Å²) in [5.74, 6) is 0.0671. The highest BCUT2D eigenvalue weighted by molar-refractivity contribution is 6.33. The summed E-state index contributed by atoms with van der Waals surface area (Å²) in [7, 11) is 0. The molecule has 3 N–H and O–H groups in total. The van der Waals surface area contributed by atoms with Crippen molar-refractivity contribution in [1.82, 2.24) is 15.8 Å². The minimum atomic E-state index is -0.395. The zero-order chi connectivity index (χ0) is 20.4.